The van der Waals surface area contributed by atoms with Gasteiger partial charge in [-0.15, -0.1) is 0 Å². The average Bonchev–Trinajstić information content (AvgIpc) is 3.09. The van der Waals surface area contributed by atoms with Crippen LogP contribution in [-0.2, 0) is 19.7 Å². The van der Waals surface area contributed by atoms with Crippen molar-refractivity contribution in [3.05, 3.63) is 29.8 Å². The predicted octanol–water partition coefficient (Wildman–Crippen LogP) is 2.63. The van der Waals surface area contributed by atoms with Crippen LogP contribution in [0, 0.1) is 0 Å². The Balaban J connectivity index is 1.32. The van der Waals surface area contributed by atoms with E-state index in [2.05, 4.69) is 23.1 Å². The van der Waals surface area contributed by atoms with Gasteiger partial charge in [0.25, 0.3) is 0 Å². The molecule has 0 atom stereocenters. The van der Waals surface area contributed by atoms with Gasteiger partial charge in [-0.05, 0) is 50.4 Å². The second-order valence-electron chi connectivity index (χ2n) is 8.76. The van der Waals surface area contributed by atoms with E-state index in [0.29, 0.717) is 19.3 Å². The molecule has 3 aliphatic heterocycles. The fourth-order valence-electron chi connectivity index (χ4n) is 5.37. The topological polar surface area (TPSA) is 62.3 Å². The SMILES string of the molecule is COCCOC(=O)N1CCC(N2CCC3(CC2)CN(C(C)=O)c2ccccc23)CC1. The van der Waals surface area contributed by atoms with Crippen molar-refractivity contribution in [1.29, 1.82) is 0 Å². The number of ether oxygens (including phenoxy) is 2. The normalized spacial score (nSPS) is 21.7. The van der Waals surface area contributed by atoms with Crippen LogP contribution in [0.3, 0.4) is 0 Å². The number of rotatable bonds is 4. The van der Waals surface area contributed by atoms with Crippen LogP contribution in [0.4, 0.5) is 10.5 Å². The zero-order valence-corrected chi connectivity index (χ0v) is 18.1. The Morgan fingerprint density at radius 1 is 1.07 bits per heavy atom. The number of hydrogen-bond acceptors (Lipinski definition) is 5. The standard InChI is InChI=1S/C23H33N3O4/c1-18(27)26-17-23(20-5-3-4-6-21(20)26)9-13-24(14-10-23)19-7-11-25(12-8-19)22(28)30-16-15-29-2/h3-6,19H,7-17H2,1-2H3. The maximum Gasteiger partial charge on any atom is 0.409 e. The molecule has 1 aromatic carbocycles. The highest BCUT2D eigenvalue weighted by Crippen LogP contribution is 2.47. The van der Waals surface area contributed by atoms with Crippen molar-refractivity contribution < 1.29 is 19.1 Å². The van der Waals surface area contributed by atoms with Crippen LogP contribution in [0.1, 0.15) is 38.2 Å². The summed E-state index contributed by atoms with van der Waals surface area (Å²) in [5.41, 5.74) is 2.53. The van der Waals surface area contributed by atoms with E-state index in [9.17, 15) is 9.59 Å². The molecule has 0 N–H and O–H groups in total. The summed E-state index contributed by atoms with van der Waals surface area (Å²) >= 11 is 0. The lowest BCUT2D eigenvalue weighted by Gasteiger charge is -2.45. The van der Waals surface area contributed by atoms with Crippen molar-refractivity contribution in [2.45, 2.75) is 44.1 Å². The molecule has 164 valence electrons. The second-order valence-corrected chi connectivity index (χ2v) is 8.76. The number of likely N-dealkylation sites (tertiary alicyclic amines) is 2. The number of hydrogen-bond donors (Lipinski definition) is 0. The molecule has 1 aromatic rings. The first-order chi connectivity index (χ1) is 14.5. The fraction of sp³-hybridized carbons (Fsp3) is 0.652. The molecule has 3 heterocycles. The third-order valence-corrected chi connectivity index (χ3v) is 7.11. The Kier molecular flexibility index (Phi) is 6.29. The molecular weight excluding hydrogens is 382 g/mol. The molecule has 30 heavy (non-hydrogen) atoms. The average molecular weight is 416 g/mol. The summed E-state index contributed by atoms with van der Waals surface area (Å²) in [4.78, 5) is 30.7. The molecule has 2 amide bonds. The van der Waals surface area contributed by atoms with E-state index >= 15 is 0 Å². The van der Waals surface area contributed by atoms with Crippen LogP contribution in [0.5, 0.6) is 0 Å². The molecule has 0 radical (unpaired) electrons. The van der Waals surface area contributed by atoms with Gasteiger partial charge in [-0.25, -0.2) is 4.79 Å². The van der Waals surface area contributed by atoms with Crippen molar-refractivity contribution in [3.8, 4) is 0 Å². The summed E-state index contributed by atoms with van der Waals surface area (Å²) in [5, 5.41) is 0. The highest BCUT2D eigenvalue weighted by molar-refractivity contribution is 5.94. The van der Waals surface area contributed by atoms with Crippen LogP contribution in [0.25, 0.3) is 0 Å². The van der Waals surface area contributed by atoms with Gasteiger partial charge >= 0.3 is 6.09 Å². The molecule has 4 rings (SSSR count). The summed E-state index contributed by atoms with van der Waals surface area (Å²) in [6.07, 6.45) is 3.90. The largest absolute Gasteiger partial charge is 0.447 e. The molecule has 0 saturated carbocycles. The van der Waals surface area contributed by atoms with Crippen molar-refractivity contribution in [3.63, 3.8) is 0 Å². The van der Waals surface area contributed by atoms with E-state index in [-0.39, 0.29) is 17.4 Å². The Bertz CT molecular complexity index is 767. The number of piperidine rings is 2. The van der Waals surface area contributed by atoms with Crippen molar-refractivity contribution in [2.24, 2.45) is 0 Å². The van der Waals surface area contributed by atoms with Crippen molar-refractivity contribution >= 4 is 17.7 Å². The van der Waals surface area contributed by atoms with Crippen LogP contribution < -0.4 is 4.90 Å². The van der Waals surface area contributed by atoms with E-state index in [0.717, 1.165) is 64.1 Å². The summed E-state index contributed by atoms with van der Waals surface area (Å²) < 4.78 is 10.2. The number of carbonyl (C=O) groups is 2. The number of nitrogens with zero attached hydrogens (tertiary/aromatic N) is 3. The second kappa shape index (κ2) is 8.94. The molecule has 7 nitrogen and oxygen atoms in total. The van der Waals surface area contributed by atoms with Crippen molar-refractivity contribution in [1.82, 2.24) is 9.80 Å². The minimum Gasteiger partial charge on any atom is -0.447 e. The maximum atomic E-state index is 12.2. The minimum absolute atomic E-state index is 0.0879. The lowest BCUT2D eigenvalue weighted by Crippen LogP contribution is -2.52. The number of fused-ring (bicyclic) bond motifs is 2. The zero-order chi connectivity index (χ0) is 21.1. The lowest BCUT2D eigenvalue weighted by atomic mass is 9.74. The van der Waals surface area contributed by atoms with E-state index in [1.54, 1.807) is 14.0 Å². The van der Waals surface area contributed by atoms with Gasteiger partial charge in [0.05, 0.1) is 6.61 Å². The lowest BCUT2D eigenvalue weighted by molar-refractivity contribution is -0.116. The van der Waals surface area contributed by atoms with Gasteiger partial charge in [0.15, 0.2) is 0 Å². The molecule has 0 unspecified atom stereocenters. The quantitative estimate of drug-likeness (QED) is 0.708. The first-order valence-electron chi connectivity index (χ1n) is 11.1. The number of para-hydroxylation sites is 1. The molecular formula is C23H33N3O4. The van der Waals surface area contributed by atoms with Crippen LogP contribution in [-0.4, -0.2) is 80.9 Å². The smallest absolute Gasteiger partial charge is 0.409 e. The molecule has 2 saturated heterocycles. The van der Waals surface area contributed by atoms with Gasteiger partial charge in [0, 0.05) is 50.8 Å². The highest BCUT2D eigenvalue weighted by Gasteiger charge is 2.46. The summed E-state index contributed by atoms with van der Waals surface area (Å²) in [6, 6.07) is 8.93. The van der Waals surface area contributed by atoms with E-state index in [4.69, 9.17) is 9.47 Å². The third kappa shape index (κ3) is 4.05. The molecule has 2 fully saturated rings. The molecule has 0 aromatic heterocycles. The molecule has 0 bridgehead atoms. The number of carbonyl (C=O) groups excluding carboxylic acids is 2. The predicted molar refractivity (Wildman–Crippen MR) is 115 cm³/mol. The van der Waals surface area contributed by atoms with Crippen LogP contribution in [0.2, 0.25) is 0 Å². The number of amides is 2. The van der Waals surface area contributed by atoms with E-state index in [1.807, 2.05) is 15.9 Å². The molecule has 3 aliphatic rings. The Labute approximate surface area is 178 Å². The van der Waals surface area contributed by atoms with Gasteiger partial charge in [0.1, 0.15) is 6.61 Å². The first kappa shape index (κ1) is 21.1. The maximum absolute atomic E-state index is 12.2. The van der Waals surface area contributed by atoms with Crippen molar-refractivity contribution in [2.75, 3.05) is 57.9 Å². The summed E-state index contributed by atoms with van der Waals surface area (Å²) in [7, 11) is 1.60. The fourth-order valence-corrected chi connectivity index (χ4v) is 5.37. The van der Waals surface area contributed by atoms with Gasteiger partial charge < -0.3 is 24.2 Å². The number of methoxy groups -OCH3 is 1. The monoisotopic (exact) mass is 415 g/mol. The third-order valence-electron chi connectivity index (χ3n) is 7.11. The minimum atomic E-state index is -0.227. The number of anilines is 1. The first-order valence-corrected chi connectivity index (χ1v) is 11.1. The Morgan fingerprint density at radius 3 is 2.43 bits per heavy atom. The zero-order valence-electron chi connectivity index (χ0n) is 18.1. The molecule has 1 spiro atoms. The van der Waals surface area contributed by atoms with Crippen LogP contribution >= 0.6 is 0 Å². The van der Waals surface area contributed by atoms with E-state index in [1.165, 1.54) is 5.56 Å². The van der Waals surface area contributed by atoms with Crippen LogP contribution in [0.15, 0.2) is 24.3 Å². The van der Waals surface area contributed by atoms with Gasteiger partial charge in [0.2, 0.25) is 5.91 Å². The number of benzene rings is 1. The highest BCUT2D eigenvalue weighted by atomic mass is 16.6. The van der Waals surface area contributed by atoms with Gasteiger partial charge in [-0.1, -0.05) is 18.2 Å². The summed E-state index contributed by atoms with van der Waals surface area (Å²) in [6.45, 7) is 6.80. The van der Waals surface area contributed by atoms with Gasteiger partial charge in [-0.2, -0.15) is 0 Å². The van der Waals surface area contributed by atoms with E-state index < -0.39 is 0 Å². The van der Waals surface area contributed by atoms with Gasteiger partial charge in [-0.3, -0.25) is 4.79 Å². The molecule has 7 heteroatoms. The molecule has 0 aliphatic carbocycles. The Hall–Kier alpha value is -2.12. The summed E-state index contributed by atoms with van der Waals surface area (Å²) in [5.74, 6) is 0.131. The Morgan fingerprint density at radius 2 is 1.77 bits per heavy atom.